The molecule has 0 saturated carbocycles. The van der Waals surface area contributed by atoms with Crippen LogP contribution in [0.5, 0.6) is 0 Å². The number of anilines is 1. The predicted octanol–water partition coefficient (Wildman–Crippen LogP) is 5.67. The Morgan fingerprint density at radius 3 is 2.18 bits per heavy atom. The number of sulfonamides is 1. The van der Waals surface area contributed by atoms with Gasteiger partial charge >= 0.3 is 0 Å². The van der Waals surface area contributed by atoms with Crippen molar-refractivity contribution in [1.82, 2.24) is 10.2 Å². The third-order valence-corrected chi connectivity index (χ3v) is 8.85. The minimum atomic E-state index is -4.10. The van der Waals surface area contributed by atoms with E-state index in [9.17, 15) is 18.0 Å². The molecule has 2 amide bonds. The van der Waals surface area contributed by atoms with Gasteiger partial charge in [-0.3, -0.25) is 13.9 Å². The standard InChI is InChI=1S/C30H36BrN3O4S/c1-5-23(4)32-30(36)28(6-2)33(20-24-11-8-7-9-12-24)29(35)21-34(26-14-10-13-25(31)19-26)39(37,38)27-17-15-22(3)16-18-27/h7-19,23,28H,5-6,20-21H2,1-4H3,(H,32,36)/t23-,28-/m1/s1. The molecule has 0 aliphatic carbocycles. The van der Waals surface area contributed by atoms with Crippen molar-refractivity contribution in [2.75, 3.05) is 10.8 Å². The molecule has 0 bridgehead atoms. The Morgan fingerprint density at radius 2 is 1.59 bits per heavy atom. The fourth-order valence-corrected chi connectivity index (χ4v) is 5.93. The molecule has 0 unspecified atom stereocenters. The fourth-order valence-electron chi connectivity index (χ4n) is 4.14. The quantitative estimate of drug-likeness (QED) is 0.285. The number of benzene rings is 3. The molecule has 0 aromatic heterocycles. The number of hydrogen-bond donors (Lipinski definition) is 1. The maximum absolute atomic E-state index is 14.0. The lowest BCUT2D eigenvalue weighted by molar-refractivity contribution is -0.140. The molecule has 0 aliphatic rings. The van der Waals surface area contributed by atoms with Gasteiger partial charge in [0.05, 0.1) is 10.6 Å². The van der Waals surface area contributed by atoms with E-state index in [1.165, 1.54) is 17.0 Å². The molecular weight excluding hydrogens is 578 g/mol. The minimum absolute atomic E-state index is 0.0553. The van der Waals surface area contributed by atoms with Gasteiger partial charge in [0.15, 0.2) is 0 Å². The van der Waals surface area contributed by atoms with Crippen LogP contribution >= 0.6 is 15.9 Å². The van der Waals surface area contributed by atoms with Crippen molar-refractivity contribution in [1.29, 1.82) is 0 Å². The molecular formula is C30H36BrN3O4S. The lowest BCUT2D eigenvalue weighted by atomic mass is 10.1. The molecule has 0 spiro atoms. The summed E-state index contributed by atoms with van der Waals surface area (Å²) in [6.45, 7) is 7.32. The number of nitrogens with one attached hydrogen (secondary N) is 1. The van der Waals surface area contributed by atoms with Crippen molar-refractivity contribution in [2.24, 2.45) is 0 Å². The number of carbonyl (C=O) groups excluding carboxylic acids is 2. The largest absolute Gasteiger partial charge is 0.352 e. The Kier molecular flexibility index (Phi) is 10.7. The van der Waals surface area contributed by atoms with Crippen LogP contribution in [0.3, 0.4) is 0 Å². The molecule has 3 aromatic rings. The number of nitrogens with zero attached hydrogens (tertiary/aromatic N) is 2. The topological polar surface area (TPSA) is 86.8 Å². The third kappa shape index (κ3) is 7.92. The summed E-state index contributed by atoms with van der Waals surface area (Å²) in [4.78, 5) is 28.9. The highest BCUT2D eigenvalue weighted by atomic mass is 79.9. The molecule has 0 aliphatic heterocycles. The second kappa shape index (κ2) is 13.8. The summed E-state index contributed by atoms with van der Waals surface area (Å²) in [6, 6.07) is 21.9. The zero-order valence-corrected chi connectivity index (χ0v) is 25.2. The van der Waals surface area contributed by atoms with Crippen LogP contribution in [0, 0.1) is 6.92 Å². The second-order valence-electron chi connectivity index (χ2n) is 9.55. The van der Waals surface area contributed by atoms with Gasteiger partial charge in [0, 0.05) is 17.1 Å². The third-order valence-electron chi connectivity index (χ3n) is 6.57. The summed E-state index contributed by atoms with van der Waals surface area (Å²) in [5.74, 6) is -0.729. The van der Waals surface area contributed by atoms with Gasteiger partial charge in [-0.1, -0.05) is 83.9 Å². The van der Waals surface area contributed by atoms with Crippen LogP contribution in [-0.2, 0) is 26.2 Å². The first-order valence-corrected chi connectivity index (χ1v) is 15.3. The van der Waals surface area contributed by atoms with E-state index in [4.69, 9.17) is 0 Å². The van der Waals surface area contributed by atoms with Crippen LogP contribution in [0.1, 0.15) is 44.7 Å². The van der Waals surface area contributed by atoms with Crippen molar-refractivity contribution < 1.29 is 18.0 Å². The van der Waals surface area contributed by atoms with Gasteiger partial charge in [-0.25, -0.2) is 8.42 Å². The van der Waals surface area contributed by atoms with E-state index < -0.39 is 28.5 Å². The van der Waals surface area contributed by atoms with Crippen molar-refractivity contribution in [2.45, 2.75) is 64.1 Å². The smallest absolute Gasteiger partial charge is 0.264 e. The number of amides is 2. The van der Waals surface area contributed by atoms with Crippen LogP contribution in [0.25, 0.3) is 0 Å². The summed E-state index contributed by atoms with van der Waals surface area (Å²) in [5.41, 5.74) is 2.11. The first kappa shape index (κ1) is 30.4. The van der Waals surface area contributed by atoms with Crippen LogP contribution in [-0.4, -0.2) is 43.8 Å². The molecule has 2 atom stereocenters. The number of rotatable bonds is 12. The Hall–Kier alpha value is -3.17. The minimum Gasteiger partial charge on any atom is -0.352 e. The van der Waals surface area contributed by atoms with E-state index in [1.807, 2.05) is 58.0 Å². The predicted molar refractivity (Wildman–Crippen MR) is 159 cm³/mol. The van der Waals surface area contributed by atoms with Gasteiger partial charge in [-0.2, -0.15) is 0 Å². The zero-order chi connectivity index (χ0) is 28.6. The summed E-state index contributed by atoms with van der Waals surface area (Å²) >= 11 is 3.42. The number of aryl methyl sites for hydroxylation is 1. The molecule has 39 heavy (non-hydrogen) atoms. The Bertz CT molecular complexity index is 1360. The van der Waals surface area contributed by atoms with Gasteiger partial charge in [0.1, 0.15) is 12.6 Å². The van der Waals surface area contributed by atoms with Gasteiger partial charge in [0.2, 0.25) is 11.8 Å². The first-order chi connectivity index (χ1) is 18.6. The monoisotopic (exact) mass is 613 g/mol. The lowest BCUT2D eigenvalue weighted by Crippen LogP contribution is -2.53. The van der Waals surface area contributed by atoms with Crippen molar-refractivity contribution in [3.63, 3.8) is 0 Å². The van der Waals surface area contributed by atoms with E-state index in [1.54, 1.807) is 36.4 Å². The second-order valence-corrected chi connectivity index (χ2v) is 12.3. The van der Waals surface area contributed by atoms with E-state index in [0.717, 1.165) is 21.9 Å². The number of hydrogen-bond acceptors (Lipinski definition) is 4. The highest BCUT2D eigenvalue weighted by Gasteiger charge is 2.34. The van der Waals surface area contributed by atoms with Crippen molar-refractivity contribution in [3.05, 3.63) is 94.5 Å². The molecule has 7 nitrogen and oxygen atoms in total. The summed E-state index contributed by atoms with van der Waals surface area (Å²) in [6.07, 6.45) is 1.13. The highest BCUT2D eigenvalue weighted by molar-refractivity contribution is 9.10. The van der Waals surface area contributed by atoms with E-state index in [0.29, 0.717) is 16.6 Å². The molecule has 0 radical (unpaired) electrons. The average molecular weight is 615 g/mol. The molecule has 0 saturated heterocycles. The Balaban J connectivity index is 2.04. The normalized spacial score (nSPS) is 12.8. The highest BCUT2D eigenvalue weighted by Crippen LogP contribution is 2.27. The van der Waals surface area contributed by atoms with Gasteiger partial charge < -0.3 is 10.2 Å². The summed E-state index contributed by atoms with van der Waals surface area (Å²) in [7, 11) is -4.10. The van der Waals surface area contributed by atoms with Crippen LogP contribution in [0.4, 0.5) is 5.69 Å². The summed E-state index contributed by atoms with van der Waals surface area (Å²) < 4.78 is 29.6. The fraction of sp³-hybridized carbons (Fsp3) is 0.333. The molecule has 1 N–H and O–H groups in total. The van der Waals surface area contributed by atoms with E-state index >= 15 is 0 Å². The molecule has 3 rings (SSSR count). The van der Waals surface area contributed by atoms with E-state index in [2.05, 4.69) is 21.2 Å². The average Bonchev–Trinajstić information content (AvgIpc) is 2.92. The van der Waals surface area contributed by atoms with Crippen LogP contribution in [0.15, 0.2) is 88.2 Å². The first-order valence-electron chi connectivity index (χ1n) is 13.1. The Labute approximate surface area is 240 Å². The summed E-state index contributed by atoms with van der Waals surface area (Å²) in [5, 5.41) is 2.98. The van der Waals surface area contributed by atoms with Gasteiger partial charge in [0.25, 0.3) is 10.0 Å². The lowest BCUT2D eigenvalue weighted by Gasteiger charge is -2.33. The van der Waals surface area contributed by atoms with Gasteiger partial charge in [-0.05, 0) is 62.6 Å². The van der Waals surface area contributed by atoms with Crippen LogP contribution in [0.2, 0.25) is 0 Å². The maximum Gasteiger partial charge on any atom is 0.264 e. The molecule has 0 fully saturated rings. The van der Waals surface area contributed by atoms with E-state index in [-0.39, 0.29) is 23.4 Å². The van der Waals surface area contributed by atoms with Crippen molar-refractivity contribution >= 4 is 43.5 Å². The maximum atomic E-state index is 14.0. The molecule has 9 heteroatoms. The SMILES string of the molecule is CC[C@@H](C)NC(=O)[C@@H](CC)N(Cc1ccccc1)C(=O)CN(c1cccc(Br)c1)S(=O)(=O)c1ccc(C)cc1. The van der Waals surface area contributed by atoms with Gasteiger partial charge in [-0.15, -0.1) is 0 Å². The molecule has 3 aromatic carbocycles. The van der Waals surface area contributed by atoms with Crippen LogP contribution < -0.4 is 9.62 Å². The molecule has 208 valence electrons. The number of halogens is 1. The molecule has 0 heterocycles. The Morgan fingerprint density at radius 1 is 0.923 bits per heavy atom. The number of carbonyl (C=O) groups is 2. The zero-order valence-electron chi connectivity index (χ0n) is 22.8. The van der Waals surface area contributed by atoms with Crippen molar-refractivity contribution in [3.8, 4) is 0 Å².